The van der Waals surface area contributed by atoms with Gasteiger partial charge in [0.25, 0.3) is 0 Å². The van der Waals surface area contributed by atoms with Gasteiger partial charge < -0.3 is 26.0 Å². The van der Waals surface area contributed by atoms with Crippen LogP contribution in [0.1, 0.15) is 62.2 Å². The Morgan fingerprint density at radius 3 is 2.55 bits per heavy atom. The van der Waals surface area contributed by atoms with E-state index in [9.17, 15) is 19.5 Å². The average molecular weight is 519 g/mol. The lowest BCUT2D eigenvalue weighted by atomic mass is 9.93. The summed E-state index contributed by atoms with van der Waals surface area (Å²) in [7, 11) is 0. The number of primary amides is 1. The predicted octanol–water partition coefficient (Wildman–Crippen LogP) is 3.36. The Balaban J connectivity index is 1.53. The lowest BCUT2D eigenvalue weighted by Gasteiger charge is -2.23. The summed E-state index contributed by atoms with van der Waals surface area (Å²) < 4.78 is 2.24. The fourth-order valence-corrected chi connectivity index (χ4v) is 5.25. The molecule has 2 heterocycles. The second-order valence-corrected chi connectivity index (χ2v) is 10.2. The first kappa shape index (κ1) is 27.4. The Bertz CT molecular complexity index is 1240. The molecular weight excluding hydrogens is 480 g/mol. The molecule has 0 aliphatic carbocycles. The number of nitrogens with one attached hydrogen (secondary N) is 2. The number of carbonyl (C=O) groups excluding carboxylic acids is 3. The van der Waals surface area contributed by atoms with E-state index in [1.165, 1.54) is 0 Å². The van der Waals surface area contributed by atoms with Crippen LogP contribution in [0.2, 0.25) is 0 Å². The van der Waals surface area contributed by atoms with Crippen LogP contribution >= 0.6 is 0 Å². The number of nitrogens with zero attached hydrogens (tertiary/aromatic N) is 1. The Hall–Kier alpha value is -3.65. The van der Waals surface area contributed by atoms with Crippen LogP contribution in [-0.4, -0.2) is 40.0 Å². The van der Waals surface area contributed by atoms with E-state index in [0.29, 0.717) is 19.4 Å². The monoisotopic (exact) mass is 518 g/mol. The normalized spacial score (nSPS) is 18.3. The van der Waals surface area contributed by atoms with E-state index in [-0.39, 0.29) is 18.7 Å². The van der Waals surface area contributed by atoms with Gasteiger partial charge in [-0.25, -0.2) is 0 Å². The average Bonchev–Trinajstić information content (AvgIpc) is 3.27. The Morgan fingerprint density at radius 2 is 1.76 bits per heavy atom. The van der Waals surface area contributed by atoms with Crippen LogP contribution in [0.5, 0.6) is 0 Å². The van der Waals surface area contributed by atoms with Crippen LogP contribution in [-0.2, 0) is 27.3 Å². The van der Waals surface area contributed by atoms with Crippen molar-refractivity contribution in [2.24, 2.45) is 11.7 Å². The minimum atomic E-state index is -0.795. The van der Waals surface area contributed by atoms with E-state index in [4.69, 9.17) is 5.73 Å². The summed E-state index contributed by atoms with van der Waals surface area (Å²) in [4.78, 5) is 38.4. The van der Waals surface area contributed by atoms with Gasteiger partial charge in [-0.2, -0.15) is 0 Å². The fourth-order valence-electron chi connectivity index (χ4n) is 5.25. The number of benzene rings is 2. The van der Waals surface area contributed by atoms with Crippen molar-refractivity contribution in [1.29, 1.82) is 0 Å². The number of fused-ring (bicyclic) bond motifs is 5. The summed E-state index contributed by atoms with van der Waals surface area (Å²) in [5.74, 6) is -1.99. The molecule has 3 aromatic rings. The first-order chi connectivity index (χ1) is 18.4. The third-order valence-electron chi connectivity index (χ3n) is 7.34. The molecule has 0 spiro atoms. The molecule has 202 valence electrons. The maximum atomic E-state index is 13.4. The van der Waals surface area contributed by atoms with Gasteiger partial charge in [0.1, 0.15) is 6.04 Å². The predicted molar refractivity (Wildman–Crippen MR) is 147 cm³/mol. The zero-order chi connectivity index (χ0) is 26.9. The van der Waals surface area contributed by atoms with Crippen molar-refractivity contribution in [3.63, 3.8) is 0 Å². The molecule has 8 heteroatoms. The highest BCUT2D eigenvalue weighted by molar-refractivity contribution is 5.91. The van der Waals surface area contributed by atoms with Gasteiger partial charge >= 0.3 is 0 Å². The van der Waals surface area contributed by atoms with E-state index in [1.807, 2.05) is 48.5 Å². The zero-order valence-electron chi connectivity index (χ0n) is 21.8. The first-order valence-electron chi connectivity index (χ1n) is 13.6. The van der Waals surface area contributed by atoms with Crippen molar-refractivity contribution >= 4 is 28.6 Å². The molecule has 1 aliphatic rings. The zero-order valence-corrected chi connectivity index (χ0v) is 21.8. The van der Waals surface area contributed by atoms with Crippen molar-refractivity contribution in [2.45, 2.75) is 70.1 Å². The highest BCUT2D eigenvalue weighted by Gasteiger charge is 2.28. The number of amides is 3. The summed E-state index contributed by atoms with van der Waals surface area (Å²) in [6.07, 6.45) is 6.11. The van der Waals surface area contributed by atoms with Gasteiger partial charge in [0.2, 0.25) is 17.7 Å². The van der Waals surface area contributed by atoms with Gasteiger partial charge in [0.05, 0.1) is 6.10 Å². The minimum absolute atomic E-state index is 0.152. The number of hydrogen-bond donors (Lipinski definition) is 4. The van der Waals surface area contributed by atoms with Gasteiger partial charge in [0, 0.05) is 48.9 Å². The number of aryl methyl sites for hydroxylation is 1. The van der Waals surface area contributed by atoms with E-state index < -0.39 is 29.9 Å². The SMILES string of the molecule is NC(=O)C[C@@H](CCC(O)c1ccccc1)C(=O)N[C@H]1Cc2cn(c3ccccc23)CCCCCCNC1=O. The van der Waals surface area contributed by atoms with Crippen molar-refractivity contribution in [2.75, 3.05) is 6.54 Å². The number of hydrogen-bond acceptors (Lipinski definition) is 4. The lowest BCUT2D eigenvalue weighted by molar-refractivity contribution is -0.133. The molecule has 2 aromatic carbocycles. The molecule has 1 aliphatic heterocycles. The third-order valence-corrected chi connectivity index (χ3v) is 7.34. The van der Waals surface area contributed by atoms with E-state index in [1.54, 1.807) is 0 Å². The number of para-hydroxylation sites is 1. The number of aliphatic hydroxyl groups is 1. The largest absolute Gasteiger partial charge is 0.388 e. The van der Waals surface area contributed by atoms with Gasteiger partial charge in [-0.1, -0.05) is 61.4 Å². The number of nitrogens with two attached hydrogens (primary N) is 1. The number of aliphatic hydroxyl groups excluding tert-OH is 1. The quantitative estimate of drug-likeness (QED) is 0.365. The van der Waals surface area contributed by atoms with Crippen LogP contribution in [0, 0.1) is 5.92 Å². The Labute approximate surface area is 223 Å². The maximum absolute atomic E-state index is 13.4. The molecule has 8 nitrogen and oxygen atoms in total. The summed E-state index contributed by atoms with van der Waals surface area (Å²) in [5, 5.41) is 17.6. The molecule has 3 atom stereocenters. The minimum Gasteiger partial charge on any atom is -0.388 e. The number of aromatic nitrogens is 1. The highest BCUT2D eigenvalue weighted by Crippen LogP contribution is 2.25. The fraction of sp³-hybridized carbons (Fsp3) is 0.433. The molecule has 4 rings (SSSR count). The molecule has 0 radical (unpaired) electrons. The van der Waals surface area contributed by atoms with Crippen LogP contribution in [0.4, 0.5) is 0 Å². The van der Waals surface area contributed by atoms with Crippen LogP contribution in [0.15, 0.2) is 60.8 Å². The number of carbonyl (C=O) groups is 3. The van der Waals surface area contributed by atoms with Gasteiger partial charge in [-0.05, 0) is 42.9 Å². The summed E-state index contributed by atoms with van der Waals surface area (Å²) in [6, 6.07) is 16.5. The van der Waals surface area contributed by atoms with E-state index in [0.717, 1.165) is 54.3 Å². The second kappa shape index (κ2) is 13.2. The van der Waals surface area contributed by atoms with Crippen molar-refractivity contribution in [3.8, 4) is 0 Å². The Kier molecular flexibility index (Phi) is 9.54. The molecule has 0 fully saturated rings. The molecule has 0 saturated carbocycles. The van der Waals surface area contributed by atoms with Gasteiger partial charge in [-0.3, -0.25) is 14.4 Å². The van der Waals surface area contributed by atoms with Crippen LogP contribution < -0.4 is 16.4 Å². The maximum Gasteiger partial charge on any atom is 0.242 e. The Morgan fingerprint density at radius 1 is 1.03 bits per heavy atom. The van der Waals surface area contributed by atoms with Crippen molar-refractivity contribution in [1.82, 2.24) is 15.2 Å². The smallest absolute Gasteiger partial charge is 0.242 e. The van der Waals surface area contributed by atoms with E-state index in [2.05, 4.69) is 27.5 Å². The number of rotatable bonds is 8. The molecule has 1 aromatic heterocycles. The van der Waals surface area contributed by atoms with Gasteiger partial charge in [0.15, 0.2) is 0 Å². The summed E-state index contributed by atoms with van der Waals surface area (Å²) in [6.45, 7) is 1.46. The molecule has 3 amide bonds. The first-order valence-corrected chi connectivity index (χ1v) is 13.6. The highest BCUT2D eigenvalue weighted by atomic mass is 16.3. The summed E-state index contributed by atoms with van der Waals surface area (Å²) in [5.41, 5.74) is 8.32. The molecule has 1 unspecified atom stereocenters. The molecule has 0 saturated heterocycles. The molecule has 38 heavy (non-hydrogen) atoms. The van der Waals surface area contributed by atoms with Crippen LogP contribution in [0.25, 0.3) is 10.9 Å². The van der Waals surface area contributed by atoms with Crippen molar-refractivity contribution in [3.05, 3.63) is 71.9 Å². The van der Waals surface area contributed by atoms with E-state index >= 15 is 0 Å². The molecule has 2 bridgehead atoms. The second-order valence-electron chi connectivity index (χ2n) is 10.2. The lowest BCUT2D eigenvalue weighted by Crippen LogP contribution is -2.50. The van der Waals surface area contributed by atoms with Crippen LogP contribution in [0.3, 0.4) is 0 Å². The standard InChI is InChI=1S/C30H38N4O4/c31-28(36)19-22(14-15-27(35)21-10-4-3-5-11-21)29(37)33-25-18-23-20-34(26-13-7-6-12-24(23)26)17-9-2-1-8-16-32-30(25)38/h3-7,10-13,20,22,25,27,35H,1-2,8-9,14-19H2,(H2,31,36)(H,32,38)(H,33,37)/t22-,25+,27?/m1/s1. The topological polar surface area (TPSA) is 126 Å². The third kappa shape index (κ3) is 7.22. The summed E-state index contributed by atoms with van der Waals surface area (Å²) >= 11 is 0. The van der Waals surface area contributed by atoms with Crippen molar-refractivity contribution < 1.29 is 19.5 Å². The molecule has 5 N–H and O–H groups in total. The molecular formula is C30H38N4O4. The van der Waals surface area contributed by atoms with Gasteiger partial charge in [-0.15, -0.1) is 0 Å².